The highest BCUT2D eigenvalue weighted by atomic mass is 16.5. The summed E-state index contributed by atoms with van der Waals surface area (Å²) in [5.41, 5.74) is 3.61. The van der Waals surface area contributed by atoms with E-state index in [0.29, 0.717) is 16.9 Å². The Morgan fingerprint density at radius 2 is 2.03 bits per heavy atom. The van der Waals surface area contributed by atoms with E-state index in [1.165, 1.54) is 7.11 Å². The molecule has 0 bridgehead atoms. The molecule has 7 nitrogen and oxygen atoms in total. The largest absolute Gasteiger partial charge is 0.506 e. The van der Waals surface area contributed by atoms with Crippen LogP contribution in [0.1, 0.15) is 40.9 Å². The predicted molar refractivity (Wildman–Crippen MR) is 113 cm³/mol. The number of fused-ring (bicyclic) bond motifs is 3. The van der Waals surface area contributed by atoms with Crippen LogP contribution < -0.4 is 10.1 Å². The second-order valence-electron chi connectivity index (χ2n) is 7.47. The molecule has 0 aliphatic carbocycles. The van der Waals surface area contributed by atoms with E-state index < -0.39 is 11.5 Å². The zero-order valence-corrected chi connectivity index (χ0v) is 17.3. The lowest BCUT2D eigenvalue weighted by Gasteiger charge is -2.36. The van der Waals surface area contributed by atoms with Crippen molar-refractivity contribution >= 4 is 18.5 Å². The van der Waals surface area contributed by atoms with E-state index in [4.69, 9.17) is 9.47 Å². The van der Waals surface area contributed by atoms with E-state index >= 15 is 0 Å². The van der Waals surface area contributed by atoms with Gasteiger partial charge in [-0.1, -0.05) is 23.8 Å². The number of phenolic OH excluding ortho intramolecular Hbond substituents is 1. The maximum absolute atomic E-state index is 12.8. The molecular formula is C22H25N3O4. The number of nitrogens with one attached hydrogen (secondary N) is 1. The fourth-order valence-electron chi connectivity index (χ4n) is 3.59. The van der Waals surface area contributed by atoms with E-state index in [2.05, 4.69) is 22.2 Å². The van der Waals surface area contributed by atoms with Crippen LogP contribution in [0.5, 0.6) is 11.5 Å². The maximum Gasteiger partial charge on any atom is 0.255 e. The Bertz CT molecular complexity index is 1030. The van der Waals surface area contributed by atoms with Gasteiger partial charge in [0.2, 0.25) is 5.90 Å². The van der Waals surface area contributed by atoms with Gasteiger partial charge in [0.25, 0.3) is 5.91 Å². The molecule has 0 fully saturated rings. The number of phenols is 1. The minimum atomic E-state index is -0.555. The SMILES string of the molecule is C=N/N=C(/CNC(=O)c1c(C)cc2c(c1O)-c1cc(C)ccc1C(C)(C)O2)OC. The van der Waals surface area contributed by atoms with Gasteiger partial charge in [-0.25, -0.2) is 0 Å². The Kier molecular flexibility index (Phi) is 5.33. The highest BCUT2D eigenvalue weighted by Gasteiger charge is 2.36. The monoisotopic (exact) mass is 395 g/mol. The summed E-state index contributed by atoms with van der Waals surface area (Å²) in [6, 6.07) is 7.79. The highest BCUT2D eigenvalue weighted by Crippen LogP contribution is 2.51. The van der Waals surface area contributed by atoms with Crippen molar-refractivity contribution in [1.82, 2.24) is 5.32 Å². The number of ether oxygens (including phenoxy) is 2. The van der Waals surface area contributed by atoms with Gasteiger partial charge in [0, 0.05) is 12.3 Å². The van der Waals surface area contributed by atoms with Gasteiger partial charge in [-0.15, -0.1) is 5.10 Å². The highest BCUT2D eigenvalue weighted by molar-refractivity contribution is 6.03. The molecule has 0 atom stereocenters. The molecule has 1 amide bonds. The maximum atomic E-state index is 12.8. The van der Waals surface area contributed by atoms with Crippen molar-refractivity contribution in [3.05, 3.63) is 46.5 Å². The van der Waals surface area contributed by atoms with Crippen molar-refractivity contribution in [2.75, 3.05) is 13.7 Å². The number of amides is 1. The fraction of sp³-hybridized carbons (Fsp3) is 0.318. The van der Waals surface area contributed by atoms with Crippen LogP contribution in [0.4, 0.5) is 0 Å². The molecule has 1 aliphatic rings. The fourth-order valence-corrected chi connectivity index (χ4v) is 3.59. The molecule has 0 saturated carbocycles. The molecule has 2 aromatic rings. The van der Waals surface area contributed by atoms with Crippen molar-refractivity contribution in [3.63, 3.8) is 0 Å². The van der Waals surface area contributed by atoms with Gasteiger partial charge in [-0.05, 0) is 44.9 Å². The first-order valence-electron chi connectivity index (χ1n) is 9.21. The summed E-state index contributed by atoms with van der Waals surface area (Å²) in [4.78, 5) is 12.8. The molecule has 1 heterocycles. The number of nitrogens with zero attached hydrogens (tertiary/aromatic N) is 2. The molecule has 152 valence electrons. The van der Waals surface area contributed by atoms with E-state index in [1.807, 2.05) is 39.0 Å². The van der Waals surface area contributed by atoms with Gasteiger partial charge < -0.3 is 19.9 Å². The molecule has 0 aromatic heterocycles. The number of benzene rings is 2. The standard InChI is InChI=1S/C22H25N3O4/c1-12-7-8-15-14(9-12)19-16(29-22(15,3)4)10-13(2)18(20(19)26)21(27)24-11-17(28-6)25-23-5/h7-10,26H,5,11H2,1-4,6H3,(H,24,27)/b25-17-. The lowest BCUT2D eigenvalue weighted by molar-refractivity contribution is 0.0952. The first-order valence-corrected chi connectivity index (χ1v) is 9.21. The van der Waals surface area contributed by atoms with Crippen molar-refractivity contribution in [2.45, 2.75) is 33.3 Å². The zero-order valence-electron chi connectivity index (χ0n) is 17.3. The number of hydrogen-bond donors (Lipinski definition) is 2. The third-order valence-corrected chi connectivity index (χ3v) is 4.97. The van der Waals surface area contributed by atoms with Crippen molar-refractivity contribution in [1.29, 1.82) is 0 Å². The molecule has 0 saturated heterocycles. The molecule has 3 rings (SSSR count). The first kappa shape index (κ1) is 20.4. The van der Waals surface area contributed by atoms with Crippen LogP contribution in [-0.2, 0) is 10.3 Å². The van der Waals surface area contributed by atoms with Gasteiger partial charge in [0.15, 0.2) is 0 Å². The van der Waals surface area contributed by atoms with E-state index in [9.17, 15) is 9.90 Å². The number of hydrogen-bond acceptors (Lipinski definition) is 6. The van der Waals surface area contributed by atoms with Crippen LogP contribution in [0.3, 0.4) is 0 Å². The van der Waals surface area contributed by atoms with Gasteiger partial charge in [-0.2, -0.15) is 5.10 Å². The number of aryl methyl sites for hydroxylation is 2. The molecule has 0 radical (unpaired) electrons. The Morgan fingerprint density at radius 1 is 1.31 bits per heavy atom. The summed E-state index contributed by atoms with van der Waals surface area (Å²) in [6.45, 7) is 11.0. The average molecular weight is 395 g/mol. The van der Waals surface area contributed by atoms with Crippen molar-refractivity contribution < 1.29 is 19.4 Å². The normalized spacial score (nSPS) is 14.3. The first-order chi connectivity index (χ1) is 13.7. The number of rotatable bonds is 4. The summed E-state index contributed by atoms with van der Waals surface area (Å²) in [6.07, 6.45) is 0. The minimum absolute atomic E-state index is 0.0174. The van der Waals surface area contributed by atoms with Crippen molar-refractivity contribution in [2.24, 2.45) is 10.2 Å². The average Bonchev–Trinajstić information content (AvgIpc) is 2.63. The van der Waals surface area contributed by atoms with Crippen LogP contribution in [0, 0.1) is 13.8 Å². The lowest BCUT2D eigenvalue weighted by atomic mass is 9.83. The summed E-state index contributed by atoms with van der Waals surface area (Å²) in [5.74, 6) is 0.192. The quantitative estimate of drug-likeness (QED) is 0.469. The smallest absolute Gasteiger partial charge is 0.255 e. The topological polar surface area (TPSA) is 92.5 Å². The minimum Gasteiger partial charge on any atom is -0.506 e. The Morgan fingerprint density at radius 3 is 2.69 bits per heavy atom. The van der Waals surface area contributed by atoms with Gasteiger partial charge in [0.1, 0.15) is 17.1 Å². The summed E-state index contributed by atoms with van der Waals surface area (Å²) in [5, 5.41) is 20.9. The summed E-state index contributed by atoms with van der Waals surface area (Å²) >= 11 is 0. The van der Waals surface area contributed by atoms with E-state index in [1.54, 1.807) is 13.0 Å². The third-order valence-electron chi connectivity index (χ3n) is 4.97. The number of carbonyl (C=O) groups is 1. The predicted octanol–water partition coefficient (Wildman–Crippen LogP) is 3.69. The molecule has 1 aliphatic heterocycles. The van der Waals surface area contributed by atoms with Crippen LogP contribution >= 0.6 is 0 Å². The molecule has 2 aromatic carbocycles. The van der Waals surface area contributed by atoms with Gasteiger partial charge in [-0.3, -0.25) is 4.79 Å². The second-order valence-corrected chi connectivity index (χ2v) is 7.47. The Labute approximate surface area is 170 Å². The van der Waals surface area contributed by atoms with Crippen LogP contribution in [0.15, 0.2) is 34.5 Å². The van der Waals surface area contributed by atoms with Crippen LogP contribution in [0.25, 0.3) is 11.1 Å². The molecule has 2 N–H and O–H groups in total. The summed E-state index contributed by atoms with van der Waals surface area (Å²) < 4.78 is 11.2. The number of carbonyl (C=O) groups excluding carboxylic acids is 1. The van der Waals surface area contributed by atoms with E-state index in [-0.39, 0.29) is 23.8 Å². The van der Waals surface area contributed by atoms with Crippen LogP contribution in [-0.4, -0.2) is 37.3 Å². The number of aromatic hydroxyl groups is 1. The second kappa shape index (κ2) is 7.58. The van der Waals surface area contributed by atoms with Crippen molar-refractivity contribution in [3.8, 4) is 22.6 Å². The Balaban J connectivity index is 2.08. The third kappa shape index (κ3) is 3.68. The van der Waals surface area contributed by atoms with E-state index in [0.717, 1.165) is 16.7 Å². The molecule has 0 spiro atoms. The molecular weight excluding hydrogens is 370 g/mol. The molecule has 29 heavy (non-hydrogen) atoms. The lowest BCUT2D eigenvalue weighted by Crippen LogP contribution is -2.32. The molecule has 0 unspecified atom stereocenters. The number of methoxy groups -OCH3 is 1. The Hall–Kier alpha value is -3.35. The zero-order chi connectivity index (χ0) is 21.3. The van der Waals surface area contributed by atoms with Crippen LogP contribution in [0.2, 0.25) is 0 Å². The van der Waals surface area contributed by atoms with Gasteiger partial charge >= 0.3 is 0 Å². The summed E-state index contributed by atoms with van der Waals surface area (Å²) in [7, 11) is 1.43. The molecule has 7 heteroatoms. The van der Waals surface area contributed by atoms with Gasteiger partial charge in [0.05, 0.1) is 24.8 Å².